The number of piperazine rings is 1. The first-order valence-electron chi connectivity index (χ1n) is 10.1. The molecule has 3 aromatic rings. The van der Waals surface area contributed by atoms with Crippen molar-refractivity contribution in [1.82, 2.24) is 13.8 Å². The number of aryl methyl sites for hydroxylation is 1. The number of thiophene rings is 1. The summed E-state index contributed by atoms with van der Waals surface area (Å²) in [6.45, 7) is 4.40. The van der Waals surface area contributed by atoms with Crippen molar-refractivity contribution < 1.29 is 13.2 Å². The van der Waals surface area contributed by atoms with Crippen molar-refractivity contribution in [2.75, 3.05) is 33.0 Å². The SMILES string of the molecule is COc1ccc(-c2cn(C)c(=O)c3cc(CN4CCN(S(C)(=O)=O)C[C@H]4C)sc23)cc1. The van der Waals surface area contributed by atoms with E-state index in [2.05, 4.69) is 4.90 Å². The van der Waals surface area contributed by atoms with Gasteiger partial charge in [0.05, 0.1) is 18.8 Å². The van der Waals surface area contributed by atoms with Gasteiger partial charge in [-0.25, -0.2) is 8.42 Å². The van der Waals surface area contributed by atoms with Gasteiger partial charge in [0.1, 0.15) is 5.75 Å². The van der Waals surface area contributed by atoms with E-state index in [1.807, 2.05) is 43.5 Å². The van der Waals surface area contributed by atoms with E-state index in [9.17, 15) is 13.2 Å². The molecule has 0 aliphatic carbocycles. The molecule has 166 valence electrons. The number of benzene rings is 1. The van der Waals surface area contributed by atoms with E-state index in [-0.39, 0.29) is 11.6 Å². The number of hydrogen-bond donors (Lipinski definition) is 0. The monoisotopic (exact) mass is 461 g/mol. The highest BCUT2D eigenvalue weighted by molar-refractivity contribution is 7.88. The lowest BCUT2D eigenvalue weighted by atomic mass is 10.1. The molecule has 31 heavy (non-hydrogen) atoms. The van der Waals surface area contributed by atoms with Crippen molar-refractivity contribution in [2.45, 2.75) is 19.5 Å². The number of ether oxygens (including phenoxy) is 1. The van der Waals surface area contributed by atoms with Gasteiger partial charge in [-0.2, -0.15) is 4.31 Å². The fraction of sp³-hybridized carbons (Fsp3) is 0.409. The van der Waals surface area contributed by atoms with Crippen LogP contribution in [-0.4, -0.2) is 61.2 Å². The predicted molar refractivity (Wildman–Crippen MR) is 125 cm³/mol. The predicted octanol–water partition coefficient (Wildman–Crippen LogP) is 2.74. The molecule has 4 rings (SSSR count). The largest absolute Gasteiger partial charge is 0.497 e. The minimum Gasteiger partial charge on any atom is -0.497 e. The highest BCUT2D eigenvalue weighted by Gasteiger charge is 2.29. The van der Waals surface area contributed by atoms with Crippen molar-refractivity contribution in [2.24, 2.45) is 7.05 Å². The van der Waals surface area contributed by atoms with Gasteiger partial charge in [0.15, 0.2) is 0 Å². The van der Waals surface area contributed by atoms with Gasteiger partial charge in [0.25, 0.3) is 5.56 Å². The van der Waals surface area contributed by atoms with Gasteiger partial charge in [0, 0.05) is 60.6 Å². The fourth-order valence-electron chi connectivity index (χ4n) is 4.05. The zero-order chi connectivity index (χ0) is 22.3. The molecule has 1 saturated heterocycles. The highest BCUT2D eigenvalue weighted by Crippen LogP contribution is 2.34. The molecule has 1 fully saturated rings. The van der Waals surface area contributed by atoms with Crippen LogP contribution in [0, 0.1) is 0 Å². The van der Waals surface area contributed by atoms with Crippen LogP contribution in [0.5, 0.6) is 5.75 Å². The van der Waals surface area contributed by atoms with E-state index in [0.29, 0.717) is 26.2 Å². The van der Waals surface area contributed by atoms with Gasteiger partial charge in [0.2, 0.25) is 10.0 Å². The maximum Gasteiger partial charge on any atom is 0.259 e. The Bertz CT molecular complexity index is 1260. The summed E-state index contributed by atoms with van der Waals surface area (Å²) in [5.41, 5.74) is 2.04. The van der Waals surface area contributed by atoms with E-state index < -0.39 is 10.0 Å². The van der Waals surface area contributed by atoms with E-state index in [1.54, 1.807) is 30.1 Å². The Hall–Kier alpha value is -2.20. The first-order valence-corrected chi connectivity index (χ1v) is 12.8. The molecule has 7 nitrogen and oxygen atoms in total. The third kappa shape index (κ3) is 4.41. The maximum atomic E-state index is 12.8. The summed E-state index contributed by atoms with van der Waals surface area (Å²) in [4.78, 5) is 16.2. The molecule has 0 spiro atoms. The first-order chi connectivity index (χ1) is 14.7. The van der Waals surface area contributed by atoms with Crippen LogP contribution in [0.2, 0.25) is 0 Å². The zero-order valence-corrected chi connectivity index (χ0v) is 19.8. The lowest BCUT2D eigenvalue weighted by molar-refractivity contribution is 0.123. The van der Waals surface area contributed by atoms with E-state index in [0.717, 1.165) is 31.8 Å². The average Bonchev–Trinajstić information content (AvgIpc) is 3.15. The molecule has 3 heterocycles. The second-order valence-corrected chi connectivity index (χ2v) is 11.2. The summed E-state index contributed by atoms with van der Waals surface area (Å²) in [7, 11) is 0.246. The number of nitrogens with zero attached hydrogens (tertiary/aromatic N) is 3. The Morgan fingerprint density at radius 2 is 1.90 bits per heavy atom. The van der Waals surface area contributed by atoms with Gasteiger partial charge in [-0.1, -0.05) is 12.1 Å². The molecule has 0 bridgehead atoms. The van der Waals surface area contributed by atoms with Gasteiger partial charge in [-0.15, -0.1) is 11.3 Å². The van der Waals surface area contributed by atoms with Crippen LogP contribution in [0.25, 0.3) is 21.2 Å². The molecule has 1 aliphatic rings. The first kappa shape index (κ1) is 22.0. The summed E-state index contributed by atoms with van der Waals surface area (Å²) in [5, 5.41) is 0.721. The Kier molecular flexibility index (Phi) is 5.95. The minimum absolute atomic E-state index is 0.00953. The van der Waals surface area contributed by atoms with Crippen molar-refractivity contribution in [1.29, 1.82) is 0 Å². The number of fused-ring (bicyclic) bond motifs is 1. The molecule has 0 radical (unpaired) electrons. The summed E-state index contributed by atoms with van der Waals surface area (Å²) in [6.07, 6.45) is 3.15. The molecule has 2 aromatic heterocycles. The van der Waals surface area contributed by atoms with E-state index >= 15 is 0 Å². The van der Waals surface area contributed by atoms with Gasteiger partial charge in [-0.3, -0.25) is 9.69 Å². The Balaban J connectivity index is 1.66. The Labute approximate surface area is 186 Å². The topological polar surface area (TPSA) is 71.8 Å². The molecule has 0 amide bonds. The van der Waals surface area contributed by atoms with Crippen molar-refractivity contribution >= 4 is 31.4 Å². The number of pyridine rings is 1. The number of aromatic nitrogens is 1. The lowest BCUT2D eigenvalue weighted by Gasteiger charge is -2.38. The Morgan fingerprint density at radius 1 is 1.19 bits per heavy atom. The molecular formula is C22H27N3O4S2. The van der Waals surface area contributed by atoms with Crippen LogP contribution < -0.4 is 10.3 Å². The van der Waals surface area contributed by atoms with Crippen LogP contribution in [0.1, 0.15) is 11.8 Å². The lowest BCUT2D eigenvalue weighted by Crippen LogP contribution is -2.52. The van der Waals surface area contributed by atoms with Crippen LogP contribution in [0.3, 0.4) is 0 Å². The third-order valence-electron chi connectivity index (χ3n) is 5.86. The van der Waals surface area contributed by atoms with Gasteiger partial charge >= 0.3 is 0 Å². The third-order valence-corrected chi connectivity index (χ3v) is 8.28. The quantitative estimate of drug-likeness (QED) is 0.584. The summed E-state index contributed by atoms with van der Waals surface area (Å²) in [6, 6.07) is 9.95. The summed E-state index contributed by atoms with van der Waals surface area (Å²) >= 11 is 1.64. The highest BCUT2D eigenvalue weighted by atomic mass is 32.2. The molecule has 0 saturated carbocycles. The van der Waals surface area contributed by atoms with Gasteiger partial charge in [-0.05, 0) is 30.7 Å². The van der Waals surface area contributed by atoms with Crippen LogP contribution >= 0.6 is 11.3 Å². The molecular weight excluding hydrogens is 434 g/mol. The van der Waals surface area contributed by atoms with E-state index in [1.165, 1.54) is 10.6 Å². The number of sulfonamides is 1. The maximum absolute atomic E-state index is 12.8. The molecule has 9 heteroatoms. The smallest absolute Gasteiger partial charge is 0.259 e. The van der Waals surface area contributed by atoms with Crippen molar-refractivity contribution in [3.8, 4) is 16.9 Å². The van der Waals surface area contributed by atoms with Crippen molar-refractivity contribution in [3.63, 3.8) is 0 Å². The molecule has 1 atom stereocenters. The van der Waals surface area contributed by atoms with Crippen LogP contribution in [0.15, 0.2) is 41.3 Å². The summed E-state index contributed by atoms with van der Waals surface area (Å²) in [5.74, 6) is 0.791. The minimum atomic E-state index is -3.17. The van der Waals surface area contributed by atoms with Crippen LogP contribution in [0.4, 0.5) is 0 Å². The number of rotatable bonds is 5. The normalized spacial score (nSPS) is 18.5. The summed E-state index contributed by atoms with van der Waals surface area (Å²) < 4.78 is 33.1. The molecule has 1 aromatic carbocycles. The fourth-order valence-corrected chi connectivity index (χ4v) is 6.16. The molecule has 0 unspecified atom stereocenters. The zero-order valence-electron chi connectivity index (χ0n) is 18.2. The standard InChI is InChI=1S/C22H27N3O4S2/c1-15-12-25(31(4,27)28)10-9-24(15)13-18-11-19-21(30-18)20(14-23(2)22(19)26)16-5-7-17(29-3)8-6-16/h5-8,11,14-15H,9-10,12-13H2,1-4H3/t15-/m1/s1. The van der Waals surface area contributed by atoms with Crippen LogP contribution in [-0.2, 0) is 23.6 Å². The molecule has 0 N–H and O–H groups in total. The second kappa shape index (κ2) is 8.38. The number of methoxy groups -OCH3 is 1. The second-order valence-electron chi connectivity index (χ2n) is 8.08. The van der Waals surface area contributed by atoms with Crippen molar-refractivity contribution in [3.05, 3.63) is 51.8 Å². The Morgan fingerprint density at radius 3 is 2.52 bits per heavy atom. The van der Waals surface area contributed by atoms with Gasteiger partial charge < -0.3 is 9.30 Å². The average molecular weight is 462 g/mol. The van der Waals surface area contributed by atoms with E-state index in [4.69, 9.17) is 4.74 Å². The molecule has 1 aliphatic heterocycles. The number of hydrogen-bond acceptors (Lipinski definition) is 6.